The van der Waals surface area contributed by atoms with E-state index in [0.717, 1.165) is 38.4 Å². The van der Waals surface area contributed by atoms with Gasteiger partial charge in [0.1, 0.15) is 5.82 Å². The summed E-state index contributed by atoms with van der Waals surface area (Å²) < 4.78 is 9.79. The van der Waals surface area contributed by atoms with E-state index < -0.39 is 0 Å². The highest BCUT2D eigenvalue weighted by molar-refractivity contribution is 5.08. The first-order chi connectivity index (χ1) is 10.3. The van der Waals surface area contributed by atoms with Crippen molar-refractivity contribution in [2.45, 2.75) is 25.4 Å². The predicted octanol–water partition coefficient (Wildman–Crippen LogP) is 2.02. The van der Waals surface area contributed by atoms with Crippen molar-refractivity contribution in [2.24, 2.45) is 20.0 Å². The molecule has 2 aromatic heterocycles. The van der Waals surface area contributed by atoms with Gasteiger partial charge in [-0.05, 0) is 30.9 Å². The molecule has 5 heteroatoms. The minimum atomic E-state index is 0.281. The highest BCUT2D eigenvalue weighted by Gasteiger charge is 2.27. The van der Waals surface area contributed by atoms with Crippen LogP contribution in [0.1, 0.15) is 30.4 Å². The zero-order valence-electron chi connectivity index (χ0n) is 12.8. The van der Waals surface area contributed by atoms with Gasteiger partial charge in [-0.3, -0.25) is 0 Å². The first-order valence-corrected chi connectivity index (χ1v) is 7.64. The van der Waals surface area contributed by atoms with Crippen LogP contribution in [0, 0.1) is 5.92 Å². The summed E-state index contributed by atoms with van der Waals surface area (Å²) in [6, 6.07) is 4.53. The summed E-state index contributed by atoms with van der Waals surface area (Å²) in [5.41, 5.74) is 1.29. The third-order valence-electron chi connectivity index (χ3n) is 4.43. The molecule has 0 bridgehead atoms. The van der Waals surface area contributed by atoms with Crippen molar-refractivity contribution in [1.82, 2.24) is 19.4 Å². The van der Waals surface area contributed by atoms with Gasteiger partial charge in [0.2, 0.25) is 0 Å². The van der Waals surface area contributed by atoms with E-state index in [0.29, 0.717) is 5.92 Å². The second-order valence-corrected chi connectivity index (χ2v) is 5.82. The van der Waals surface area contributed by atoms with Gasteiger partial charge in [0.05, 0.1) is 6.04 Å². The van der Waals surface area contributed by atoms with Gasteiger partial charge in [-0.2, -0.15) is 0 Å². The topological polar surface area (TPSA) is 44.0 Å². The van der Waals surface area contributed by atoms with E-state index in [9.17, 15) is 0 Å². The molecule has 1 saturated heterocycles. The summed E-state index contributed by atoms with van der Waals surface area (Å²) in [7, 11) is 4.15. The Morgan fingerprint density at radius 1 is 1.29 bits per heavy atom. The second-order valence-electron chi connectivity index (χ2n) is 5.82. The summed E-state index contributed by atoms with van der Waals surface area (Å²) >= 11 is 0. The Balaban J connectivity index is 1.75. The standard InChI is InChI=1S/C16H24N4O/c1-19-8-3-4-14(19)12-18-15(13-5-10-21-11-6-13)16-17-7-9-20(16)2/h3-4,7-9,13,15,18H,5-6,10-12H2,1-2H3. The van der Waals surface area contributed by atoms with Gasteiger partial charge in [-0.1, -0.05) is 0 Å². The first kappa shape index (κ1) is 14.4. The van der Waals surface area contributed by atoms with E-state index in [1.54, 1.807) is 0 Å². The van der Waals surface area contributed by atoms with Gasteiger partial charge < -0.3 is 19.2 Å². The highest BCUT2D eigenvalue weighted by Crippen LogP contribution is 2.29. The van der Waals surface area contributed by atoms with Crippen LogP contribution in [-0.4, -0.2) is 27.3 Å². The maximum atomic E-state index is 5.51. The van der Waals surface area contributed by atoms with Crippen LogP contribution >= 0.6 is 0 Å². The molecule has 21 heavy (non-hydrogen) atoms. The lowest BCUT2D eigenvalue weighted by atomic mass is 9.91. The molecule has 1 fully saturated rings. The third kappa shape index (κ3) is 3.19. The Kier molecular flexibility index (Phi) is 4.41. The first-order valence-electron chi connectivity index (χ1n) is 7.64. The lowest BCUT2D eigenvalue weighted by molar-refractivity contribution is 0.0517. The van der Waals surface area contributed by atoms with Crippen molar-refractivity contribution >= 4 is 0 Å². The Morgan fingerprint density at radius 2 is 2.10 bits per heavy atom. The van der Waals surface area contributed by atoms with E-state index in [1.165, 1.54) is 5.69 Å². The number of rotatable bonds is 5. The van der Waals surface area contributed by atoms with Crippen LogP contribution in [0.2, 0.25) is 0 Å². The molecule has 114 valence electrons. The summed E-state index contributed by atoms with van der Waals surface area (Å²) in [5.74, 6) is 1.70. The Morgan fingerprint density at radius 3 is 2.71 bits per heavy atom. The number of aryl methyl sites for hydroxylation is 2. The zero-order valence-corrected chi connectivity index (χ0v) is 12.8. The molecule has 5 nitrogen and oxygen atoms in total. The molecule has 1 atom stereocenters. The number of aromatic nitrogens is 3. The van der Waals surface area contributed by atoms with Crippen molar-refractivity contribution in [3.8, 4) is 0 Å². The Bertz CT molecular complexity index is 568. The number of nitrogens with one attached hydrogen (secondary N) is 1. The number of hydrogen-bond donors (Lipinski definition) is 1. The van der Waals surface area contributed by atoms with Crippen LogP contribution in [0.5, 0.6) is 0 Å². The minimum absolute atomic E-state index is 0.281. The molecule has 0 aliphatic carbocycles. The molecule has 3 rings (SSSR count). The summed E-state index contributed by atoms with van der Waals surface area (Å²) in [4.78, 5) is 4.57. The van der Waals surface area contributed by atoms with E-state index >= 15 is 0 Å². The molecule has 3 heterocycles. The maximum absolute atomic E-state index is 5.51. The lowest BCUT2D eigenvalue weighted by Gasteiger charge is -2.30. The van der Waals surface area contributed by atoms with E-state index in [2.05, 4.69) is 51.9 Å². The monoisotopic (exact) mass is 288 g/mol. The fourth-order valence-electron chi connectivity index (χ4n) is 3.09. The van der Waals surface area contributed by atoms with E-state index in [1.807, 2.05) is 12.4 Å². The fraction of sp³-hybridized carbons (Fsp3) is 0.562. The van der Waals surface area contributed by atoms with Gasteiger partial charge in [0, 0.05) is 58.1 Å². The molecule has 0 spiro atoms. The van der Waals surface area contributed by atoms with Gasteiger partial charge in [0.15, 0.2) is 0 Å². The fourth-order valence-corrected chi connectivity index (χ4v) is 3.09. The average Bonchev–Trinajstić information content (AvgIpc) is 3.10. The van der Waals surface area contributed by atoms with Crippen LogP contribution in [0.4, 0.5) is 0 Å². The quantitative estimate of drug-likeness (QED) is 0.915. The van der Waals surface area contributed by atoms with Crippen molar-refractivity contribution in [3.05, 3.63) is 42.2 Å². The number of ether oxygens (including phenoxy) is 1. The normalized spacial score (nSPS) is 18.0. The molecule has 0 radical (unpaired) electrons. The van der Waals surface area contributed by atoms with Crippen molar-refractivity contribution in [2.75, 3.05) is 13.2 Å². The largest absolute Gasteiger partial charge is 0.381 e. The molecule has 2 aromatic rings. The van der Waals surface area contributed by atoms with Crippen LogP contribution in [0.15, 0.2) is 30.7 Å². The summed E-state index contributed by atoms with van der Waals surface area (Å²) in [6.07, 6.45) is 8.17. The molecule has 1 aliphatic heterocycles. The minimum Gasteiger partial charge on any atom is -0.381 e. The van der Waals surface area contributed by atoms with E-state index in [-0.39, 0.29) is 6.04 Å². The maximum Gasteiger partial charge on any atom is 0.125 e. The van der Waals surface area contributed by atoms with Crippen molar-refractivity contribution in [1.29, 1.82) is 0 Å². The molecule has 0 saturated carbocycles. The number of imidazole rings is 1. The Hall–Kier alpha value is -1.59. The van der Waals surface area contributed by atoms with Crippen LogP contribution in [-0.2, 0) is 25.4 Å². The molecular weight excluding hydrogens is 264 g/mol. The molecule has 1 unspecified atom stereocenters. The zero-order chi connectivity index (χ0) is 14.7. The predicted molar refractivity (Wildman–Crippen MR) is 81.7 cm³/mol. The summed E-state index contributed by atoms with van der Waals surface area (Å²) in [6.45, 7) is 2.58. The summed E-state index contributed by atoms with van der Waals surface area (Å²) in [5, 5.41) is 3.72. The number of hydrogen-bond acceptors (Lipinski definition) is 3. The van der Waals surface area contributed by atoms with Crippen LogP contribution in [0.25, 0.3) is 0 Å². The lowest BCUT2D eigenvalue weighted by Crippen LogP contribution is -2.34. The molecular formula is C16H24N4O. The van der Waals surface area contributed by atoms with Crippen LogP contribution in [0.3, 0.4) is 0 Å². The SMILES string of the molecule is Cn1cccc1CNC(c1nccn1C)C1CCOCC1. The number of nitrogens with zero attached hydrogens (tertiary/aromatic N) is 3. The van der Waals surface area contributed by atoms with Gasteiger partial charge >= 0.3 is 0 Å². The third-order valence-corrected chi connectivity index (χ3v) is 4.43. The van der Waals surface area contributed by atoms with Gasteiger partial charge in [-0.15, -0.1) is 0 Å². The van der Waals surface area contributed by atoms with Crippen molar-refractivity contribution in [3.63, 3.8) is 0 Å². The molecule has 0 amide bonds. The smallest absolute Gasteiger partial charge is 0.125 e. The Labute approximate surface area is 125 Å². The highest BCUT2D eigenvalue weighted by atomic mass is 16.5. The van der Waals surface area contributed by atoms with Gasteiger partial charge in [-0.25, -0.2) is 4.98 Å². The van der Waals surface area contributed by atoms with Gasteiger partial charge in [0.25, 0.3) is 0 Å². The molecule has 1 N–H and O–H groups in total. The average molecular weight is 288 g/mol. The molecule has 0 aromatic carbocycles. The van der Waals surface area contributed by atoms with Crippen LogP contribution < -0.4 is 5.32 Å². The molecule has 1 aliphatic rings. The second kappa shape index (κ2) is 6.45. The van der Waals surface area contributed by atoms with Crippen molar-refractivity contribution < 1.29 is 4.74 Å². The van der Waals surface area contributed by atoms with E-state index in [4.69, 9.17) is 4.74 Å².